The first-order chi connectivity index (χ1) is 13.9. The molecule has 1 unspecified atom stereocenters. The first-order valence-corrected chi connectivity index (χ1v) is 10.8. The van der Waals surface area contributed by atoms with E-state index in [1.807, 2.05) is 32.0 Å². The van der Waals surface area contributed by atoms with Crippen LogP contribution in [0.3, 0.4) is 0 Å². The summed E-state index contributed by atoms with van der Waals surface area (Å²) in [6.07, 6.45) is 1.29. The van der Waals surface area contributed by atoms with Crippen LogP contribution in [-0.4, -0.2) is 29.3 Å². The summed E-state index contributed by atoms with van der Waals surface area (Å²) in [5, 5.41) is 4.28. The molecule has 1 N–H and O–H groups in total. The Labute approximate surface area is 187 Å². The number of nitrogens with one attached hydrogen (secondary N) is 1. The van der Waals surface area contributed by atoms with E-state index in [1.165, 1.54) is 0 Å². The fourth-order valence-electron chi connectivity index (χ4n) is 3.05. The van der Waals surface area contributed by atoms with Crippen molar-refractivity contribution in [1.29, 1.82) is 0 Å². The van der Waals surface area contributed by atoms with E-state index in [1.54, 1.807) is 29.2 Å². The van der Waals surface area contributed by atoms with Crippen molar-refractivity contribution in [2.75, 3.05) is 6.54 Å². The number of nitrogens with zero attached hydrogens (tertiary/aromatic N) is 1. The lowest BCUT2D eigenvalue weighted by Gasteiger charge is -2.31. The van der Waals surface area contributed by atoms with Gasteiger partial charge in [-0.05, 0) is 42.2 Å². The van der Waals surface area contributed by atoms with Crippen molar-refractivity contribution in [3.8, 4) is 0 Å². The van der Waals surface area contributed by atoms with Crippen molar-refractivity contribution in [1.82, 2.24) is 10.2 Å². The second kappa shape index (κ2) is 11.4. The molecule has 7 heteroatoms. The van der Waals surface area contributed by atoms with Crippen molar-refractivity contribution in [2.24, 2.45) is 0 Å². The van der Waals surface area contributed by atoms with E-state index in [0.29, 0.717) is 33.6 Å². The molecule has 2 aromatic carbocycles. The molecule has 0 heterocycles. The minimum absolute atomic E-state index is 0.000513. The summed E-state index contributed by atoms with van der Waals surface area (Å²) < 4.78 is 0. The van der Waals surface area contributed by atoms with Gasteiger partial charge in [-0.3, -0.25) is 9.59 Å². The molecule has 0 spiro atoms. The van der Waals surface area contributed by atoms with Crippen molar-refractivity contribution in [3.05, 3.63) is 68.7 Å². The van der Waals surface area contributed by atoms with Gasteiger partial charge in [0, 0.05) is 28.2 Å². The molecule has 0 aromatic heterocycles. The summed E-state index contributed by atoms with van der Waals surface area (Å²) in [4.78, 5) is 27.6. The highest BCUT2D eigenvalue weighted by atomic mass is 35.5. The molecule has 2 amide bonds. The number of hydrogen-bond donors (Lipinski definition) is 1. The Morgan fingerprint density at radius 1 is 0.966 bits per heavy atom. The summed E-state index contributed by atoms with van der Waals surface area (Å²) in [6, 6.07) is 11.8. The molecule has 0 aliphatic rings. The lowest BCUT2D eigenvalue weighted by molar-refractivity contribution is -0.140. The van der Waals surface area contributed by atoms with Gasteiger partial charge in [0.1, 0.15) is 6.04 Å². The monoisotopic (exact) mass is 454 g/mol. The zero-order valence-corrected chi connectivity index (χ0v) is 18.8. The van der Waals surface area contributed by atoms with Gasteiger partial charge in [0.15, 0.2) is 0 Å². The SMILES string of the molecule is CCCNC(=O)C(CC)N(Cc1ccccc1Cl)C(=O)Cc1c(Cl)cccc1Cl. The first-order valence-electron chi connectivity index (χ1n) is 9.62. The molecular weight excluding hydrogens is 431 g/mol. The average Bonchev–Trinajstić information content (AvgIpc) is 2.70. The lowest BCUT2D eigenvalue weighted by Crippen LogP contribution is -2.49. The highest BCUT2D eigenvalue weighted by molar-refractivity contribution is 6.36. The number of hydrogen-bond acceptors (Lipinski definition) is 2. The molecule has 0 aliphatic heterocycles. The zero-order valence-electron chi connectivity index (χ0n) is 16.6. The number of carbonyl (C=O) groups excluding carboxylic acids is 2. The fourth-order valence-corrected chi connectivity index (χ4v) is 3.78. The molecule has 0 bridgehead atoms. The second-order valence-corrected chi connectivity index (χ2v) is 7.93. The van der Waals surface area contributed by atoms with Crippen molar-refractivity contribution in [2.45, 2.75) is 45.7 Å². The van der Waals surface area contributed by atoms with E-state index in [-0.39, 0.29) is 24.8 Å². The molecule has 29 heavy (non-hydrogen) atoms. The lowest BCUT2D eigenvalue weighted by atomic mass is 10.1. The molecule has 0 aliphatic carbocycles. The number of carbonyl (C=O) groups is 2. The minimum Gasteiger partial charge on any atom is -0.354 e. The van der Waals surface area contributed by atoms with E-state index in [9.17, 15) is 9.59 Å². The third-order valence-electron chi connectivity index (χ3n) is 4.62. The normalized spacial score (nSPS) is 11.8. The van der Waals surface area contributed by atoms with Crippen LogP contribution in [0, 0.1) is 0 Å². The quantitative estimate of drug-likeness (QED) is 0.541. The summed E-state index contributed by atoms with van der Waals surface area (Å²) in [5.74, 6) is -0.418. The van der Waals surface area contributed by atoms with Crippen LogP contribution < -0.4 is 5.32 Å². The van der Waals surface area contributed by atoms with Crippen LogP contribution in [0.25, 0.3) is 0 Å². The molecule has 0 radical (unpaired) electrons. The Bertz CT molecular complexity index is 837. The molecule has 0 saturated heterocycles. The number of rotatable bonds is 9. The van der Waals surface area contributed by atoms with Gasteiger partial charge >= 0.3 is 0 Å². The van der Waals surface area contributed by atoms with E-state index in [2.05, 4.69) is 5.32 Å². The Kier molecular flexibility index (Phi) is 9.28. The van der Waals surface area contributed by atoms with Gasteiger partial charge in [0.05, 0.1) is 6.42 Å². The first kappa shape index (κ1) is 23.5. The predicted molar refractivity (Wildman–Crippen MR) is 120 cm³/mol. The molecule has 4 nitrogen and oxygen atoms in total. The van der Waals surface area contributed by atoms with Crippen LogP contribution in [0.4, 0.5) is 0 Å². The summed E-state index contributed by atoms with van der Waals surface area (Å²) >= 11 is 18.8. The van der Waals surface area contributed by atoms with E-state index in [4.69, 9.17) is 34.8 Å². The van der Waals surface area contributed by atoms with E-state index >= 15 is 0 Å². The van der Waals surface area contributed by atoms with Crippen molar-refractivity contribution >= 4 is 46.6 Å². The number of halogens is 3. The Hall–Kier alpha value is -1.75. The molecule has 0 saturated carbocycles. The Morgan fingerprint density at radius 3 is 2.17 bits per heavy atom. The maximum absolute atomic E-state index is 13.3. The largest absolute Gasteiger partial charge is 0.354 e. The highest BCUT2D eigenvalue weighted by Gasteiger charge is 2.29. The molecule has 0 fully saturated rings. The number of benzene rings is 2. The van der Waals surface area contributed by atoms with Gasteiger partial charge in [0.25, 0.3) is 0 Å². The Balaban J connectivity index is 2.35. The van der Waals surface area contributed by atoms with Crippen LogP contribution in [0.1, 0.15) is 37.8 Å². The maximum Gasteiger partial charge on any atom is 0.242 e. The van der Waals surface area contributed by atoms with Gasteiger partial charge in [-0.25, -0.2) is 0 Å². The standard InChI is InChI=1S/C22H25Cl3N2O2/c1-3-12-26-22(29)20(4-2)27(14-15-8-5-6-9-17(15)23)21(28)13-16-18(24)10-7-11-19(16)25/h5-11,20H,3-4,12-14H2,1-2H3,(H,26,29). The highest BCUT2D eigenvalue weighted by Crippen LogP contribution is 2.27. The van der Waals surface area contributed by atoms with Crippen LogP contribution >= 0.6 is 34.8 Å². The number of amides is 2. The third kappa shape index (κ3) is 6.36. The molecule has 2 rings (SSSR count). The van der Waals surface area contributed by atoms with Crippen LogP contribution in [0.5, 0.6) is 0 Å². The van der Waals surface area contributed by atoms with Crippen LogP contribution in [0.2, 0.25) is 15.1 Å². The van der Waals surface area contributed by atoms with Gasteiger partial charge in [-0.1, -0.05) is 72.9 Å². The topological polar surface area (TPSA) is 49.4 Å². The van der Waals surface area contributed by atoms with Crippen molar-refractivity contribution < 1.29 is 9.59 Å². The predicted octanol–water partition coefficient (Wildman–Crippen LogP) is 5.52. The third-order valence-corrected chi connectivity index (χ3v) is 5.70. The van der Waals surface area contributed by atoms with Crippen LogP contribution in [-0.2, 0) is 22.6 Å². The Morgan fingerprint density at radius 2 is 1.59 bits per heavy atom. The molecule has 2 aromatic rings. The summed E-state index contributed by atoms with van der Waals surface area (Å²) in [6.45, 7) is 4.64. The van der Waals surface area contributed by atoms with Gasteiger partial charge in [-0.15, -0.1) is 0 Å². The maximum atomic E-state index is 13.3. The minimum atomic E-state index is -0.619. The second-order valence-electron chi connectivity index (χ2n) is 6.71. The van der Waals surface area contributed by atoms with Crippen molar-refractivity contribution in [3.63, 3.8) is 0 Å². The zero-order chi connectivity index (χ0) is 21.4. The average molecular weight is 456 g/mol. The van der Waals surface area contributed by atoms with Crippen LogP contribution in [0.15, 0.2) is 42.5 Å². The summed E-state index contributed by atoms with van der Waals surface area (Å²) in [5.41, 5.74) is 1.32. The van der Waals surface area contributed by atoms with E-state index < -0.39 is 6.04 Å². The molecular formula is C22H25Cl3N2O2. The smallest absolute Gasteiger partial charge is 0.242 e. The van der Waals surface area contributed by atoms with Gasteiger partial charge in [-0.2, -0.15) is 0 Å². The van der Waals surface area contributed by atoms with Gasteiger partial charge in [0.2, 0.25) is 11.8 Å². The van der Waals surface area contributed by atoms with E-state index in [0.717, 1.165) is 12.0 Å². The molecule has 1 atom stereocenters. The summed E-state index contributed by atoms with van der Waals surface area (Å²) in [7, 11) is 0. The fraction of sp³-hybridized carbons (Fsp3) is 0.364. The molecule has 156 valence electrons. The van der Waals surface area contributed by atoms with Gasteiger partial charge < -0.3 is 10.2 Å².